The van der Waals surface area contributed by atoms with Gasteiger partial charge in [-0.2, -0.15) is 0 Å². The van der Waals surface area contributed by atoms with E-state index in [1.54, 1.807) is 0 Å². The highest BCUT2D eigenvalue weighted by Crippen LogP contribution is 2.29. The minimum atomic E-state index is 0.752. The molecule has 0 aromatic heterocycles. The molecule has 0 amide bonds. The molecule has 1 fully saturated rings. The van der Waals surface area contributed by atoms with E-state index in [2.05, 4.69) is 6.92 Å². The van der Waals surface area contributed by atoms with Crippen LogP contribution in [0.2, 0.25) is 0 Å². The highest BCUT2D eigenvalue weighted by Gasteiger charge is 2.14. The number of carbonyl (C=O) groups excluding carboxylic acids is 1. The number of hydrogen-bond acceptors (Lipinski definition) is 1. The van der Waals surface area contributed by atoms with Crippen LogP contribution in [0.3, 0.4) is 0 Å². The molecule has 0 aromatic rings. The molecule has 0 radical (unpaired) electrons. The topological polar surface area (TPSA) is 17.1 Å². The van der Waals surface area contributed by atoms with E-state index in [4.69, 9.17) is 0 Å². The van der Waals surface area contributed by atoms with E-state index in [0.717, 1.165) is 31.0 Å². The van der Waals surface area contributed by atoms with E-state index in [0.29, 0.717) is 0 Å². The van der Waals surface area contributed by atoms with Gasteiger partial charge in [0.1, 0.15) is 6.29 Å². The van der Waals surface area contributed by atoms with E-state index in [1.807, 2.05) is 0 Å². The van der Waals surface area contributed by atoms with Crippen molar-refractivity contribution in [2.24, 2.45) is 11.8 Å². The minimum Gasteiger partial charge on any atom is -0.303 e. The molecule has 14 heavy (non-hydrogen) atoms. The summed E-state index contributed by atoms with van der Waals surface area (Å²) in [6, 6.07) is 0. The molecular weight excluding hydrogens is 172 g/mol. The third-order valence-corrected chi connectivity index (χ3v) is 3.57. The number of hydrogen-bond donors (Lipinski definition) is 0. The molecule has 1 heteroatoms. The standard InChI is InChI=1S/C13H24O/c1-12(6-5-11-14)9-10-13-7-3-2-4-8-13/h11-13H,2-10H2,1H3/t12-/m0/s1. The molecule has 82 valence electrons. The fourth-order valence-electron chi connectivity index (χ4n) is 2.49. The highest BCUT2D eigenvalue weighted by molar-refractivity contribution is 5.49. The first-order valence-corrected chi connectivity index (χ1v) is 6.26. The lowest BCUT2D eigenvalue weighted by Gasteiger charge is -2.22. The number of aldehydes is 1. The summed E-state index contributed by atoms with van der Waals surface area (Å²) in [6.07, 6.45) is 12.9. The lowest BCUT2D eigenvalue weighted by Crippen LogP contribution is -2.08. The third kappa shape index (κ3) is 4.78. The normalized spacial score (nSPS) is 20.6. The summed E-state index contributed by atoms with van der Waals surface area (Å²) in [5, 5.41) is 0. The van der Waals surface area contributed by atoms with Crippen molar-refractivity contribution in [3.05, 3.63) is 0 Å². The van der Waals surface area contributed by atoms with Crippen LogP contribution in [0.4, 0.5) is 0 Å². The van der Waals surface area contributed by atoms with Crippen LogP contribution >= 0.6 is 0 Å². The molecule has 1 saturated carbocycles. The first-order valence-electron chi connectivity index (χ1n) is 6.26. The molecule has 1 atom stereocenters. The molecule has 0 saturated heterocycles. The fraction of sp³-hybridized carbons (Fsp3) is 0.923. The van der Waals surface area contributed by atoms with Gasteiger partial charge in [-0.05, 0) is 18.3 Å². The third-order valence-electron chi connectivity index (χ3n) is 3.57. The molecule has 1 aliphatic rings. The van der Waals surface area contributed by atoms with Crippen molar-refractivity contribution in [1.82, 2.24) is 0 Å². The summed E-state index contributed by atoms with van der Waals surface area (Å²) in [5.41, 5.74) is 0. The SMILES string of the molecule is C[C@@H](CCC=O)CCC1CCCCC1. The highest BCUT2D eigenvalue weighted by atomic mass is 16.1. The summed E-state index contributed by atoms with van der Waals surface area (Å²) < 4.78 is 0. The molecule has 0 bridgehead atoms. The van der Waals surface area contributed by atoms with E-state index in [1.165, 1.54) is 44.9 Å². The average molecular weight is 196 g/mol. The maximum absolute atomic E-state index is 10.2. The van der Waals surface area contributed by atoms with E-state index >= 15 is 0 Å². The zero-order valence-corrected chi connectivity index (χ0v) is 9.50. The Morgan fingerprint density at radius 2 is 1.93 bits per heavy atom. The molecule has 1 nitrogen and oxygen atoms in total. The first kappa shape index (κ1) is 11.7. The zero-order valence-electron chi connectivity index (χ0n) is 9.50. The summed E-state index contributed by atoms with van der Waals surface area (Å²) >= 11 is 0. The predicted octanol–water partition coefficient (Wildman–Crippen LogP) is 3.96. The van der Waals surface area contributed by atoms with Crippen molar-refractivity contribution in [2.45, 2.75) is 64.7 Å². The largest absolute Gasteiger partial charge is 0.303 e. The van der Waals surface area contributed by atoms with Gasteiger partial charge in [0, 0.05) is 6.42 Å². The Balaban J connectivity index is 2.03. The van der Waals surface area contributed by atoms with Gasteiger partial charge in [0.05, 0.1) is 0 Å². The van der Waals surface area contributed by atoms with E-state index in [9.17, 15) is 4.79 Å². The second-order valence-electron chi connectivity index (χ2n) is 4.93. The maximum atomic E-state index is 10.2. The average Bonchev–Trinajstić information content (AvgIpc) is 2.25. The summed E-state index contributed by atoms with van der Waals surface area (Å²) in [6.45, 7) is 2.28. The van der Waals surface area contributed by atoms with Crippen molar-refractivity contribution < 1.29 is 4.79 Å². The second-order valence-corrected chi connectivity index (χ2v) is 4.93. The predicted molar refractivity (Wildman–Crippen MR) is 60.3 cm³/mol. The molecule has 0 spiro atoms. The summed E-state index contributed by atoms with van der Waals surface area (Å²) in [4.78, 5) is 10.2. The number of carbonyl (C=O) groups is 1. The zero-order chi connectivity index (χ0) is 10.2. The van der Waals surface area contributed by atoms with E-state index in [-0.39, 0.29) is 0 Å². The molecule has 1 aliphatic carbocycles. The van der Waals surface area contributed by atoms with Gasteiger partial charge in [0.15, 0.2) is 0 Å². The van der Waals surface area contributed by atoms with Crippen molar-refractivity contribution >= 4 is 6.29 Å². The van der Waals surface area contributed by atoms with Crippen molar-refractivity contribution in [3.8, 4) is 0 Å². The van der Waals surface area contributed by atoms with Crippen LogP contribution in [0.5, 0.6) is 0 Å². The van der Waals surface area contributed by atoms with Gasteiger partial charge in [0.25, 0.3) is 0 Å². The van der Waals surface area contributed by atoms with Gasteiger partial charge < -0.3 is 4.79 Å². The molecule has 0 heterocycles. The van der Waals surface area contributed by atoms with Gasteiger partial charge in [-0.3, -0.25) is 0 Å². The van der Waals surface area contributed by atoms with Crippen LogP contribution in [-0.2, 0) is 4.79 Å². The Labute approximate surface area is 88.3 Å². The Bertz CT molecular complexity index is 147. The Hall–Kier alpha value is -0.330. The second kappa shape index (κ2) is 7.03. The van der Waals surface area contributed by atoms with Gasteiger partial charge in [-0.15, -0.1) is 0 Å². The summed E-state index contributed by atoms with van der Waals surface area (Å²) in [5.74, 6) is 1.75. The van der Waals surface area contributed by atoms with Crippen molar-refractivity contribution in [2.75, 3.05) is 0 Å². The van der Waals surface area contributed by atoms with Gasteiger partial charge in [-0.1, -0.05) is 51.9 Å². The van der Waals surface area contributed by atoms with Crippen LogP contribution in [0.15, 0.2) is 0 Å². The van der Waals surface area contributed by atoms with Gasteiger partial charge >= 0.3 is 0 Å². The Morgan fingerprint density at radius 1 is 1.21 bits per heavy atom. The smallest absolute Gasteiger partial charge is 0.120 e. The van der Waals surface area contributed by atoms with Crippen LogP contribution < -0.4 is 0 Å². The monoisotopic (exact) mass is 196 g/mol. The lowest BCUT2D eigenvalue weighted by molar-refractivity contribution is -0.108. The van der Waals surface area contributed by atoms with Crippen molar-refractivity contribution in [3.63, 3.8) is 0 Å². The Kier molecular flexibility index (Phi) is 5.89. The molecule has 0 aliphatic heterocycles. The minimum absolute atomic E-state index is 0.752. The van der Waals surface area contributed by atoms with Gasteiger partial charge in [-0.25, -0.2) is 0 Å². The Morgan fingerprint density at radius 3 is 2.57 bits per heavy atom. The lowest BCUT2D eigenvalue weighted by atomic mass is 9.84. The molecule has 0 N–H and O–H groups in total. The maximum Gasteiger partial charge on any atom is 0.120 e. The molecule has 1 rings (SSSR count). The molecular formula is C13H24O. The van der Waals surface area contributed by atoms with Crippen LogP contribution in [0, 0.1) is 11.8 Å². The molecule has 0 unspecified atom stereocenters. The van der Waals surface area contributed by atoms with Crippen molar-refractivity contribution in [1.29, 1.82) is 0 Å². The first-order chi connectivity index (χ1) is 6.83. The van der Waals surface area contributed by atoms with Gasteiger partial charge in [0.2, 0.25) is 0 Å². The quantitative estimate of drug-likeness (QED) is 0.588. The van der Waals surface area contributed by atoms with E-state index < -0.39 is 0 Å². The van der Waals surface area contributed by atoms with Crippen LogP contribution in [0.1, 0.15) is 64.7 Å². The van der Waals surface area contributed by atoms with Crippen LogP contribution in [-0.4, -0.2) is 6.29 Å². The van der Waals surface area contributed by atoms with Crippen LogP contribution in [0.25, 0.3) is 0 Å². The fourth-order valence-corrected chi connectivity index (χ4v) is 2.49. The number of rotatable bonds is 6. The summed E-state index contributed by atoms with van der Waals surface area (Å²) in [7, 11) is 0. The molecule has 0 aromatic carbocycles.